The maximum absolute atomic E-state index is 11.8. The van der Waals surface area contributed by atoms with Crippen LogP contribution in [-0.4, -0.2) is 36.7 Å². The Labute approximate surface area is 119 Å². The highest BCUT2D eigenvalue weighted by atomic mass is 16.5. The summed E-state index contributed by atoms with van der Waals surface area (Å²) in [7, 11) is 2.01. The summed E-state index contributed by atoms with van der Waals surface area (Å²) in [4.78, 5) is 14.0. The van der Waals surface area contributed by atoms with Crippen molar-refractivity contribution in [2.24, 2.45) is 0 Å². The Hall–Kier alpha value is -2.06. The molecule has 0 aromatic heterocycles. The summed E-state index contributed by atoms with van der Waals surface area (Å²) >= 11 is 0. The number of amides is 1. The van der Waals surface area contributed by atoms with Crippen LogP contribution in [0.4, 0.5) is 4.79 Å². The minimum Gasteiger partial charge on any atom is -0.445 e. The zero-order chi connectivity index (χ0) is 14.4. The number of rotatable bonds is 3. The second kappa shape index (κ2) is 6.40. The first-order valence-corrected chi connectivity index (χ1v) is 6.72. The van der Waals surface area contributed by atoms with E-state index in [2.05, 4.69) is 16.3 Å². The molecule has 0 unspecified atom stereocenters. The van der Waals surface area contributed by atoms with Crippen molar-refractivity contribution in [1.82, 2.24) is 10.2 Å². The molecule has 2 rings (SSSR count). The van der Waals surface area contributed by atoms with E-state index in [9.17, 15) is 10.1 Å². The first kappa shape index (κ1) is 14.4. The maximum Gasteiger partial charge on any atom is 0.408 e. The van der Waals surface area contributed by atoms with Gasteiger partial charge in [0.1, 0.15) is 12.1 Å². The number of nitrogens with zero attached hydrogens (tertiary/aromatic N) is 2. The van der Waals surface area contributed by atoms with Gasteiger partial charge in [0.2, 0.25) is 0 Å². The number of alkyl carbamates (subject to hydrolysis) is 1. The molecular formula is C15H19N3O2. The molecule has 1 aliphatic rings. The van der Waals surface area contributed by atoms with Gasteiger partial charge in [-0.1, -0.05) is 30.3 Å². The fourth-order valence-electron chi connectivity index (χ4n) is 2.22. The van der Waals surface area contributed by atoms with Crippen LogP contribution in [-0.2, 0) is 11.3 Å². The van der Waals surface area contributed by atoms with Crippen LogP contribution in [0.2, 0.25) is 0 Å². The van der Waals surface area contributed by atoms with Gasteiger partial charge in [-0.3, -0.25) is 0 Å². The van der Waals surface area contributed by atoms with E-state index in [-0.39, 0.29) is 6.61 Å². The number of likely N-dealkylation sites (tertiary alicyclic amines) is 1. The molecule has 20 heavy (non-hydrogen) atoms. The molecule has 106 valence electrons. The molecule has 0 spiro atoms. The smallest absolute Gasteiger partial charge is 0.408 e. The standard InChI is InChI=1S/C15H19N3O2/c1-18-9-7-15(12-16,8-10-18)17-14(19)20-11-13-5-3-2-4-6-13/h2-6H,7-11H2,1H3,(H,17,19). The first-order valence-electron chi connectivity index (χ1n) is 6.72. The number of carbonyl (C=O) groups excluding carboxylic acids is 1. The molecule has 1 aliphatic heterocycles. The van der Waals surface area contributed by atoms with Crippen molar-refractivity contribution in [3.05, 3.63) is 35.9 Å². The van der Waals surface area contributed by atoms with Crippen LogP contribution < -0.4 is 5.32 Å². The van der Waals surface area contributed by atoms with Gasteiger partial charge < -0.3 is 15.0 Å². The molecule has 1 aromatic rings. The Kier molecular flexibility index (Phi) is 4.59. The molecule has 0 saturated carbocycles. The Morgan fingerprint density at radius 3 is 2.65 bits per heavy atom. The summed E-state index contributed by atoms with van der Waals surface area (Å²) in [6.45, 7) is 1.81. The summed E-state index contributed by atoms with van der Waals surface area (Å²) in [6.07, 6.45) is 0.723. The van der Waals surface area contributed by atoms with Crippen LogP contribution in [0.1, 0.15) is 18.4 Å². The van der Waals surface area contributed by atoms with Gasteiger partial charge in [0.05, 0.1) is 6.07 Å². The number of nitriles is 1. The largest absolute Gasteiger partial charge is 0.445 e. The van der Waals surface area contributed by atoms with Crippen LogP contribution >= 0.6 is 0 Å². The predicted octanol–water partition coefficient (Wildman–Crippen LogP) is 1.90. The van der Waals surface area contributed by atoms with E-state index in [1.54, 1.807) is 0 Å². The molecule has 1 heterocycles. The van der Waals surface area contributed by atoms with E-state index in [1.165, 1.54) is 0 Å². The predicted molar refractivity (Wildman–Crippen MR) is 74.8 cm³/mol. The lowest BCUT2D eigenvalue weighted by molar-refractivity contribution is 0.119. The van der Waals surface area contributed by atoms with Crippen LogP contribution in [0, 0.1) is 11.3 Å². The number of piperidine rings is 1. The van der Waals surface area contributed by atoms with Crippen molar-refractivity contribution in [2.45, 2.75) is 25.0 Å². The second-order valence-electron chi connectivity index (χ2n) is 5.18. The molecule has 1 amide bonds. The van der Waals surface area contributed by atoms with E-state index >= 15 is 0 Å². The van der Waals surface area contributed by atoms with Gasteiger partial charge in [0.15, 0.2) is 0 Å². The number of nitrogens with one attached hydrogen (secondary N) is 1. The maximum atomic E-state index is 11.8. The Morgan fingerprint density at radius 1 is 1.40 bits per heavy atom. The highest BCUT2D eigenvalue weighted by Gasteiger charge is 2.35. The van der Waals surface area contributed by atoms with E-state index in [4.69, 9.17) is 4.74 Å². The third kappa shape index (κ3) is 3.72. The highest BCUT2D eigenvalue weighted by Crippen LogP contribution is 2.20. The monoisotopic (exact) mass is 273 g/mol. The van der Waals surface area contributed by atoms with Crippen LogP contribution in [0.3, 0.4) is 0 Å². The summed E-state index contributed by atoms with van der Waals surface area (Å²) in [5.74, 6) is 0. The molecule has 0 radical (unpaired) electrons. The molecule has 5 nitrogen and oxygen atoms in total. The Morgan fingerprint density at radius 2 is 2.05 bits per heavy atom. The van der Waals surface area contributed by atoms with Crippen molar-refractivity contribution in [2.75, 3.05) is 20.1 Å². The third-order valence-electron chi connectivity index (χ3n) is 3.61. The molecule has 1 saturated heterocycles. The fourth-order valence-corrected chi connectivity index (χ4v) is 2.22. The summed E-state index contributed by atoms with van der Waals surface area (Å²) in [5, 5.41) is 12.0. The van der Waals surface area contributed by atoms with Crippen molar-refractivity contribution < 1.29 is 9.53 Å². The van der Waals surface area contributed by atoms with Crippen LogP contribution in [0.5, 0.6) is 0 Å². The van der Waals surface area contributed by atoms with Gasteiger partial charge >= 0.3 is 6.09 Å². The zero-order valence-electron chi connectivity index (χ0n) is 11.6. The minimum atomic E-state index is -0.791. The summed E-state index contributed by atoms with van der Waals surface area (Å²) in [6, 6.07) is 11.7. The van der Waals surface area contributed by atoms with Crippen LogP contribution in [0.15, 0.2) is 30.3 Å². The number of ether oxygens (including phenoxy) is 1. The molecule has 1 N–H and O–H groups in total. The van der Waals surface area contributed by atoms with Crippen molar-refractivity contribution in [1.29, 1.82) is 5.26 Å². The molecule has 1 aromatic carbocycles. The Balaban J connectivity index is 1.85. The van der Waals surface area contributed by atoms with Gasteiger partial charge in [-0.25, -0.2) is 4.79 Å². The zero-order valence-corrected chi connectivity index (χ0v) is 11.6. The van der Waals surface area contributed by atoms with Gasteiger partial charge in [0, 0.05) is 13.1 Å². The SMILES string of the molecule is CN1CCC(C#N)(NC(=O)OCc2ccccc2)CC1. The fraction of sp³-hybridized carbons (Fsp3) is 0.467. The molecule has 0 atom stereocenters. The molecule has 1 fully saturated rings. The van der Waals surface area contributed by atoms with Gasteiger partial charge in [-0.15, -0.1) is 0 Å². The minimum absolute atomic E-state index is 0.216. The van der Waals surface area contributed by atoms with E-state index in [0.717, 1.165) is 18.7 Å². The van der Waals surface area contributed by atoms with Crippen LogP contribution in [0.25, 0.3) is 0 Å². The lowest BCUT2D eigenvalue weighted by atomic mass is 9.89. The number of hydrogen-bond donors (Lipinski definition) is 1. The van der Waals surface area contributed by atoms with Gasteiger partial charge in [-0.05, 0) is 25.5 Å². The average molecular weight is 273 g/mol. The van der Waals surface area contributed by atoms with Gasteiger partial charge in [0.25, 0.3) is 0 Å². The molecule has 0 aliphatic carbocycles. The second-order valence-corrected chi connectivity index (χ2v) is 5.18. The topological polar surface area (TPSA) is 65.4 Å². The van der Waals surface area contributed by atoms with Crippen molar-refractivity contribution in [3.63, 3.8) is 0 Å². The van der Waals surface area contributed by atoms with E-state index < -0.39 is 11.6 Å². The van der Waals surface area contributed by atoms with Crippen molar-refractivity contribution >= 4 is 6.09 Å². The quantitative estimate of drug-likeness (QED) is 0.913. The average Bonchev–Trinajstić information content (AvgIpc) is 2.49. The molecule has 0 bridgehead atoms. The molecule has 5 heteroatoms. The summed E-state index contributed by atoms with van der Waals surface area (Å²) < 4.78 is 5.17. The van der Waals surface area contributed by atoms with E-state index in [0.29, 0.717) is 12.8 Å². The normalized spacial score (nSPS) is 18.0. The number of carbonyl (C=O) groups is 1. The lowest BCUT2D eigenvalue weighted by Gasteiger charge is -2.35. The van der Waals surface area contributed by atoms with Crippen molar-refractivity contribution in [3.8, 4) is 6.07 Å². The molecular weight excluding hydrogens is 254 g/mol. The number of benzene rings is 1. The number of hydrogen-bond acceptors (Lipinski definition) is 4. The Bertz CT molecular complexity index is 488. The highest BCUT2D eigenvalue weighted by molar-refractivity contribution is 5.69. The summed E-state index contributed by atoms with van der Waals surface area (Å²) in [5.41, 5.74) is 0.136. The first-order chi connectivity index (χ1) is 9.63. The lowest BCUT2D eigenvalue weighted by Crippen LogP contribution is -2.53. The van der Waals surface area contributed by atoms with E-state index in [1.807, 2.05) is 37.4 Å². The van der Waals surface area contributed by atoms with Gasteiger partial charge in [-0.2, -0.15) is 5.26 Å². The third-order valence-corrected chi connectivity index (χ3v) is 3.61.